The number of carbonyl (C=O) groups excluding carboxylic acids is 1. The zero-order chi connectivity index (χ0) is 15.6. The summed E-state index contributed by atoms with van der Waals surface area (Å²) in [7, 11) is 0. The van der Waals surface area contributed by atoms with Crippen molar-refractivity contribution < 1.29 is 9.32 Å². The Morgan fingerprint density at radius 3 is 2.96 bits per heavy atom. The Morgan fingerprint density at radius 1 is 1.17 bits per heavy atom. The fourth-order valence-electron chi connectivity index (χ4n) is 2.13. The zero-order valence-electron chi connectivity index (χ0n) is 11.7. The molecule has 1 N–H and O–H groups in total. The maximum atomic E-state index is 12.2. The first-order valence-electron chi connectivity index (χ1n) is 6.79. The van der Waals surface area contributed by atoms with Gasteiger partial charge in [-0.05, 0) is 29.6 Å². The number of rotatable bonds is 4. The smallest absolute Gasteiger partial charge is 0.251 e. The van der Waals surface area contributed by atoms with Crippen LogP contribution < -0.4 is 5.32 Å². The molecule has 8 heteroatoms. The predicted molar refractivity (Wildman–Crippen MR) is 88.4 cm³/mol. The van der Waals surface area contributed by atoms with Crippen LogP contribution in [0.2, 0.25) is 0 Å². The summed E-state index contributed by atoms with van der Waals surface area (Å²) in [6, 6.07) is 11.0. The first-order chi connectivity index (χ1) is 11.3. The molecule has 0 aliphatic heterocycles. The highest BCUT2D eigenvalue weighted by Crippen LogP contribution is 2.25. The minimum atomic E-state index is -0.180. The lowest BCUT2D eigenvalue weighted by Gasteiger charge is -2.02. The highest BCUT2D eigenvalue weighted by Gasteiger charge is 2.11. The molecular weight excluding hydrogens is 332 g/mol. The monoisotopic (exact) mass is 342 g/mol. The molecule has 0 unspecified atom stereocenters. The number of hydrogen-bond donors (Lipinski definition) is 1. The number of nitrogens with zero attached hydrogens (tertiary/aromatic N) is 3. The lowest BCUT2D eigenvalue weighted by atomic mass is 10.2. The SMILES string of the molecule is O=C(NCc1cc(-c2cccs2)on1)c1ccc2nsnc2c1. The summed E-state index contributed by atoms with van der Waals surface area (Å²) in [5, 5.41) is 8.78. The normalized spacial score (nSPS) is 11.0. The van der Waals surface area contributed by atoms with Gasteiger partial charge < -0.3 is 9.84 Å². The summed E-state index contributed by atoms with van der Waals surface area (Å²) in [5.74, 6) is 0.528. The standard InChI is InChI=1S/C15H10N4O2S2/c20-15(9-3-4-11-12(6-9)19-23-18-11)16-8-10-7-13(21-17-10)14-2-1-5-22-14/h1-7H,8H2,(H,16,20). The fourth-order valence-corrected chi connectivity index (χ4v) is 3.32. The van der Waals surface area contributed by atoms with E-state index in [-0.39, 0.29) is 5.91 Å². The fraction of sp³-hybridized carbons (Fsp3) is 0.0667. The van der Waals surface area contributed by atoms with Crippen molar-refractivity contribution in [1.29, 1.82) is 0 Å². The molecule has 3 aromatic heterocycles. The van der Waals surface area contributed by atoms with E-state index in [2.05, 4.69) is 19.2 Å². The second-order valence-electron chi connectivity index (χ2n) is 4.81. The van der Waals surface area contributed by atoms with Crippen molar-refractivity contribution in [1.82, 2.24) is 19.2 Å². The van der Waals surface area contributed by atoms with Crippen molar-refractivity contribution >= 4 is 40.0 Å². The molecule has 0 atom stereocenters. The average molecular weight is 342 g/mol. The molecule has 4 aromatic rings. The van der Waals surface area contributed by atoms with Crippen LogP contribution in [0.4, 0.5) is 0 Å². The van der Waals surface area contributed by atoms with Crippen LogP contribution in [0.1, 0.15) is 16.1 Å². The summed E-state index contributed by atoms with van der Waals surface area (Å²) in [5.41, 5.74) is 2.75. The summed E-state index contributed by atoms with van der Waals surface area (Å²) >= 11 is 2.71. The second kappa shape index (κ2) is 5.90. The third-order valence-electron chi connectivity index (χ3n) is 3.27. The molecule has 0 aliphatic carbocycles. The number of benzene rings is 1. The van der Waals surface area contributed by atoms with Gasteiger partial charge in [-0.2, -0.15) is 8.75 Å². The largest absolute Gasteiger partial charge is 0.355 e. The van der Waals surface area contributed by atoms with Crippen LogP contribution in [0.5, 0.6) is 0 Å². The van der Waals surface area contributed by atoms with Gasteiger partial charge in [-0.3, -0.25) is 4.79 Å². The molecule has 0 saturated heterocycles. The molecular formula is C15H10N4O2S2. The van der Waals surface area contributed by atoms with Crippen LogP contribution in [0.3, 0.4) is 0 Å². The highest BCUT2D eigenvalue weighted by molar-refractivity contribution is 7.13. The molecule has 0 saturated carbocycles. The number of nitrogens with one attached hydrogen (secondary N) is 1. The number of carbonyl (C=O) groups is 1. The molecule has 0 fully saturated rings. The first-order valence-corrected chi connectivity index (χ1v) is 8.40. The molecule has 0 radical (unpaired) electrons. The molecule has 3 heterocycles. The molecule has 0 aliphatic rings. The summed E-state index contributed by atoms with van der Waals surface area (Å²) in [4.78, 5) is 13.2. The Bertz CT molecular complexity index is 959. The van der Waals surface area contributed by atoms with Gasteiger partial charge in [-0.1, -0.05) is 11.2 Å². The van der Waals surface area contributed by atoms with Crippen molar-refractivity contribution in [3.8, 4) is 10.6 Å². The molecule has 6 nitrogen and oxygen atoms in total. The van der Waals surface area contributed by atoms with Gasteiger partial charge in [0.15, 0.2) is 5.76 Å². The van der Waals surface area contributed by atoms with Gasteiger partial charge in [-0.25, -0.2) is 0 Å². The van der Waals surface area contributed by atoms with Gasteiger partial charge in [0.2, 0.25) is 0 Å². The number of aromatic nitrogens is 3. The maximum Gasteiger partial charge on any atom is 0.251 e. The Morgan fingerprint density at radius 2 is 2.09 bits per heavy atom. The Kier molecular flexibility index (Phi) is 3.60. The Labute approximate surface area is 139 Å². The van der Waals surface area contributed by atoms with E-state index in [9.17, 15) is 4.79 Å². The van der Waals surface area contributed by atoms with E-state index in [0.29, 0.717) is 23.6 Å². The van der Waals surface area contributed by atoms with Gasteiger partial charge in [0.25, 0.3) is 5.91 Å². The predicted octanol–water partition coefficient (Wildman–Crippen LogP) is 3.34. The van der Waals surface area contributed by atoms with Crippen LogP contribution in [-0.4, -0.2) is 19.8 Å². The molecule has 23 heavy (non-hydrogen) atoms. The maximum absolute atomic E-state index is 12.2. The topological polar surface area (TPSA) is 80.9 Å². The summed E-state index contributed by atoms with van der Waals surface area (Å²) < 4.78 is 13.5. The van der Waals surface area contributed by atoms with Gasteiger partial charge >= 0.3 is 0 Å². The van der Waals surface area contributed by atoms with E-state index in [4.69, 9.17) is 4.52 Å². The van der Waals surface area contributed by atoms with Crippen molar-refractivity contribution in [3.05, 3.63) is 53.0 Å². The van der Waals surface area contributed by atoms with Gasteiger partial charge in [0.1, 0.15) is 16.7 Å². The third kappa shape index (κ3) is 2.86. The Hall–Kier alpha value is -2.58. The van der Waals surface area contributed by atoms with Crippen molar-refractivity contribution in [2.45, 2.75) is 6.54 Å². The van der Waals surface area contributed by atoms with Gasteiger partial charge in [0.05, 0.1) is 23.2 Å². The highest BCUT2D eigenvalue weighted by atomic mass is 32.1. The number of hydrogen-bond acceptors (Lipinski definition) is 7. The van der Waals surface area contributed by atoms with Crippen LogP contribution in [0, 0.1) is 0 Å². The lowest BCUT2D eigenvalue weighted by Crippen LogP contribution is -2.22. The second-order valence-corrected chi connectivity index (χ2v) is 6.29. The zero-order valence-corrected chi connectivity index (χ0v) is 13.4. The van der Waals surface area contributed by atoms with Gasteiger partial charge in [-0.15, -0.1) is 11.3 Å². The molecule has 1 aromatic carbocycles. The molecule has 114 valence electrons. The minimum Gasteiger partial charge on any atom is -0.355 e. The van der Waals surface area contributed by atoms with E-state index >= 15 is 0 Å². The quantitative estimate of drug-likeness (QED) is 0.615. The molecule has 0 spiro atoms. The number of fused-ring (bicyclic) bond motifs is 1. The third-order valence-corrected chi connectivity index (χ3v) is 4.71. The van der Waals surface area contributed by atoms with Crippen molar-refractivity contribution in [2.75, 3.05) is 0 Å². The van der Waals surface area contributed by atoms with E-state index < -0.39 is 0 Å². The van der Waals surface area contributed by atoms with Crippen LogP contribution in [0.25, 0.3) is 21.7 Å². The van der Waals surface area contributed by atoms with E-state index in [1.54, 1.807) is 29.5 Å². The lowest BCUT2D eigenvalue weighted by molar-refractivity contribution is 0.0950. The number of amides is 1. The summed E-state index contributed by atoms with van der Waals surface area (Å²) in [6.45, 7) is 0.307. The Balaban J connectivity index is 1.45. The van der Waals surface area contributed by atoms with Crippen molar-refractivity contribution in [3.63, 3.8) is 0 Å². The van der Waals surface area contributed by atoms with Gasteiger partial charge in [0, 0.05) is 11.6 Å². The van der Waals surface area contributed by atoms with Crippen LogP contribution >= 0.6 is 23.1 Å². The molecule has 1 amide bonds. The molecule has 4 rings (SSSR count). The van der Waals surface area contributed by atoms with Crippen LogP contribution in [-0.2, 0) is 6.54 Å². The first kappa shape index (κ1) is 14.0. The average Bonchev–Trinajstić information content (AvgIpc) is 3.32. The number of thiophene rings is 1. The summed E-state index contributed by atoms with van der Waals surface area (Å²) in [6.07, 6.45) is 0. The van der Waals surface area contributed by atoms with E-state index in [1.165, 1.54) is 0 Å². The van der Waals surface area contributed by atoms with Crippen molar-refractivity contribution in [2.24, 2.45) is 0 Å². The van der Waals surface area contributed by atoms with E-state index in [0.717, 1.165) is 27.6 Å². The van der Waals surface area contributed by atoms with Crippen LogP contribution in [0.15, 0.2) is 46.3 Å². The molecule has 0 bridgehead atoms. The minimum absolute atomic E-state index is 0.180. The van der Waals surface area contributed by atoms with E-state index in [1.807, 2.05) is 23.6 Å².